The molecule has 8 nitrogen and oxygen atoms in total. The number of nitrogens with one attached hydrogen (secondary N) is 4. The van der Waals surface area contributed by atoms with Crippen molar-refractivity contribution in [1.82, 2.24) is 21.3 Å². The van der Waals surface area contributed by atoms with Gasteiger partial charge in [-0.15, -0.1) is 0 Å². The van der Waals surface area contributed by atoms with Crippen LogP contribution in [-0.4, -0.2) is 65.5 Å². The van der Waals surface area contributed by atoms with Crippen molar-refractivity contribution >= 4 is 35.4 Å². The first-order valence-corrected chi connectivity index (χ1v) is 12.3. The Bertz CT molecular complexity index is 856. The number of Topliss-reactive ketones (excluding diaryl/α,β-unsaturated/α-hetero) is 1. The van der Waals surface area contributed by atoms with E-state index in [2.05, 4.69) is 21.3 Å². The number of fused-ring (bicyclic) bond motifs is 1. The number of urea groups is 1. The molecule has 0 aromatic heterocycles. The number of ketones is 1. The summed E-state index contributed by atoms with van der Waals surface area (Å²) in [4.78, 5) is 48.3. The molecule has 0 unspecified atom stereocenters. The predicted octanol–water partition coefficient (Wildman–Crippen LogP) is 1.48. The van der Waals surface area contributed by atoms with Gasteiger partial charge in [0, 0.05) is 23.8 Å². The lowest BCUT2D eigenvalue weighted by atomic mass is 10.0. The number of rotatable bonds is 12. The highest BCUT2D eigenvalue weighted by atomic mass is 32.2. The number of amides is 4. The molecule has 1 aromatic rings. The van der Waals surface area contributed by atoms with E-state index in [4.69, 9.17) is 0 Å². The number of hydrogen-bond donors (Lipinski definition) is 4. The van der Waals surface area contributed by atoms with Crippen molar-refractivity contribution in [3.05, 3.63) is 35.9 Å². The van der Waals surface area contributed by atoms with E-state index in [1.54, 1.807) is 0 Å². The second-order valence-electron chi connectivity index (χ2n) is 8.51. The number of benzene rings is 1. The van der Waals surface area contributed by atoms with Crippen LogP contribution in [0.2, 0.25) is 0 Å². The lowest BCUT2D eigenvalue weighted by Gasteiger charge is -2.21. The molecule has 2 aliphatic heterocycles. The third-order valence-electron chi connectivity index (χ3n) is 5.99. The summed E-state index contributed by atoms with van der Waals surface area (Å²) in [5.74, 6) is -0.578. The van der Waals surface area contributed by atoms with Crippen LogP contribution in [0.25, 0.3) is 0 Å². The fraction of sp³-hybridized carbons (Fsp3) is 0.565. The summed E-state index contributed by atoms with van der Waals surface area (Å²) in [5, 5.41) is 11.5. The van der Waals surface area contributed by atoms with Crippen LogP contribution in [0.5, 0.6) is 0 Å². The van der Waals surface area contributed by atoms with Gasteiger partial charge in [0.15, 0.2) is 5.78 Å². The normalized spacial score (nSPS) is 23.1. The lowest BCUT2D eigenvalue weighted by molar-refractivity contribution is -0.131. The van der Waals surface area contributed by atoms with E-state index in [1.165, 1.54) is 6.92 Å². The maximum absolute atomic E-state index is 12.7. The molecule has 33 heavy (non-hydrogen) atoms. The molecule has 0 bridgehead atoms. The van der Waals surface area contributed by atoms with E-state index in [9.17, 15) is 23.6 Å². The molecule has 1 aromatic carbocycles. The third kappa shape index (κ3) is 7.18. The Hall–Kier alpha value is -2.62. The molecular weight excluding hydrogens is 447 g/mol. The van der Waals surface area contributed by atoms with Crippen molar-refractivity contribution in [3.8, 4) is 0 Å². The fourth-order valence-electron chi connectivity index (χ4n) is 4.11. The number of carbonyl (C=O) groups excluding carboxylic acids is 4. The van der Waals surface area contributed by atoms with E-state index < -0.39 is 30.4 Å². The summed E-state index contributed by atoms with van der Waals surface area (Å²) in [6.07, 6.45) is 2.94. The molecule has 0 saturated carbocycles. The van der Waals surface area contributed by atoms with Crippen molar-refractivity contribution in [1.29, 1.82) is 0 Å². The molecule has 2 heterocycles. The molecule has 10 heteroatoms. The van der Waals surface area contributed by atoms with Crippen LogP contribution >= 0.6 is 11.8 Å². The summed E-state index contributed by atoms with van der Waals surface area (Å²) in [5.41, 5.74) is 0.863. The number of hydrogen-bond acceptors (Lipinski definition) is 5. The monoisotopic (exact) mass is 478 g/mol. The Balaban J connectivity index is 1.47. The maximum Gasteiger partial charge on any atom is 0.315 e. The number of thioether (sulfide) groups is 1. The fourth-order valence-corrected chi connectivity index (χ4v) is 5.65. The average Bonchev–Trinajstić information content (AvgIpc) is 3.35. The Morgan fingerprint density at radius 2 is 1.91 bits per heavy atom. The van der Waals surface area contributed by atoms with E-state index in [1.807, 2.05) is 42.1 Å². The molecule has 2 saturated heterocycles. The van der Waals surface area contributed by atoms with Gasteiger partial charge in [-0.3, -0.25) is 14.4 Å². The molecule has 0 aliphatic carbocycles. The van der Waals surface area contributed by atoms with Crippen molar-refractivity contribution in [2.24, 2.45) is 0 Å². The maximum atomic E-state index is 12.7. The topological polar surface area (TPSA) is 116 Å². The highest BCUT2D eigenvalue weighted by Crippen LogP contribution is 2.33. The number of unbranched alkanes of at least 4 members (excludes halogenated alkanes) is 1. The highest BCUT2D eigenvalue weighted by Gasteiger charge is 2.42. The minimum absolute atomic E-state index is 0.111. The van der Waals surface area contributed by atoms with Gasteiger partial charge < -0.3 is 21.3 Å². The largest absolute Gasteiger partial charge is 0.345 e. The summed E-state index contributed by atoms with van der Waals surface area (Å²) >= 11 is 1.84. The zero-order chi connectivity index (χ0) is 23.8. The van der Waals surface area contributed by atoms with Crippen molar-refractivity contribution in [2.75, 3.05) is 12.4 Å². The molecule has 0 spiro atoms. The number of halogens is 1. The first-order valence-electron chi connectivity index (χ1n) is 11.3. The van der Waals surface area contributed by atoms with Crippen LogP contribution in [0.4, 0.5) is 9.18 Å². The Labute approximate surface area is 197 Å². The average molecular weight is 479 g/mol. The van der Waals surface area contributed by atoms with Crippen LogP contribution in [0, 0.1) is 0 Å². The summed E-state index contributed by atoms with van der Waals surface area (Å²) in [7, 11) is 0. The van der Waals surface area contributed by atoms with Crippen molar-refractivity contribution in [3.63, 3.8) is 0 Å². The molecule has 2 aliphatic rings. The molecule has 180 valence electrons. The summed E-state index contributed by atoms with van der Waals surface area (Å²) in [6, 6.07) is 7.64. The quantitative estimate of drug-likeness (QED) is 0.268. The minimum atomic E-state index is -1.15. The number of alkyl halides is 1. The summed E-state index contributed by atoms with van der Waals surface area (Å²) in [6.45, 7) is 0.271. The van der Waals surface area contributed by atoms with Gasteiger partial charge in [0.1, 0.15) is 12.7 Å². The van der Waals surface area contributed by atoms with Gasteiger partial charge in [-0.05, 0) is 25.3 Å². The second kappa shape index (κ2) is 12.0. The standard InChI is InChI=1S/C23H31FN4O4S/c1-14(18(29)12-24)25-22(31)16(11-15-7-3-2-4-8-15)26-20(30)10-6-5-9-19-21-17(13-33-19)27-23(32)28-21/h2-4,7-8,14,16-17,19,21H,5-6,9-13H2,1H3,(H,25,31)(H,26,30)(H2,27,28,32)/t14-,16-,17-,19-,21-/m0/s1. The van der Waals surface area contributed by atoms with Crippen molar-refractivity contribution < 1.29 is 23.6 Å². The zero-order valence-corrected chi connectivity index (χ0v) is 19.5. The number of carbonyl (C=O) groups is 4. The van der Waals surface area contributed by atoms with E-state index in [-0.39, 0.29) is 36.9 Å². The molecule has 0 radical (unpaired) electrons. The smallest absolute Gasteiger partial charge is 0.315 e. The van der Waals surface area contributed by atoms with Gasteiger partial charge in [0.25, 0.3) is 0 Å². The van der Waals surface area contributed by atoms with Crippen LogP contribution in [-0.2, 0) is 20.8 Å². The lowest BCUT2D eigenvalue weighted by Crippen LogP contribution is -2.51. The Kier molecular flexibility index (Phi) is 9.11. The van der Waals surface area contributed by atoms with Gasteiger partial charge in [-0.1, -0.05) is 36.8 Å². The van der Waals surface area contributed by atoms with Gasteiger partial charge in [0.05, 0.1) is 18.1 Å². The second-order valence-corrected chi connectivity index (χ2v) is 9.78. The van der Waals surface area contributed by atoms with Crippen molar-refractivity contribution in [2.45, 2.75) is 68.4 Å². The molecular formula is C23H31FN4O4S. The summed E-state index contributed by atoms with van der Waals surface area (Å²) < 4.78 is 12.6. The molecule has 2 fully saturated rings. The Morgan fingerprint density at radius 1 is 1.15 bits per heavy atom. The van der Waals surface area contributed by atoms with Gasteiger partial charge in [-0.2, -0.15) is 11.8 Å². The highest BCUT2D eigenvalue weighted by molar-refractivity contribution is 8.00. The predicted molar refractivity (Wildman–Crippen MR) is 125 cm³/mol. The van der Waals surface area contributed by atoms with Crippen LogP contribution in [0.1, 0.15) is 38.2 Å². The molecule has 5 atom stereocenters. The van der Waals surface area contributed by atoms with Crippen LogP contribution in [0.15, 0.2) is 30.3 Å². The van der Waals surface area contributed by atoms with E-state index in [0.29, 0.717) is 11.7 Å². The van der Waals surface area contributed by atoms with Crippen LogP contribution < -0.4 is 21.3 Å². The first kappa shape index (κ1) is 25.0. The van der Waals surface area contributed by atoms with Gasteiger partial charge >= 0.3 is 6.03 Å². The zero-order valence-electron chi connectivity index (χ0n) is 18.6. The van der Waals surface area contributed by atoms with Crippen LogP contribution in [0.3, 0.4) is 0 Å². The SMILES string of the molecule is C[C@H](NC(=O)[C@H](Cc1ccccc1)NC(=O)CCCC[C@@H]1SC[C@@H]2NC(=O)N[C@@H]21)C(=O)CF. The minimum Gasteiger partial charge on any atom is -0.345 e. The molecule has 4 N–H and O–H groups in total. The first-order chi connectivity index (χ1) is 15.9. The third-order valence-corrected chi connectivity index (χ3v) is 7.50. The molecule has 3 rings (SSSR count). The van der Waals surface area contributed by atoms with Gasteiger partial charge in [0.2, 0.25) is 11.8 Å². The van der Waals surface area contributed by atoms with E-state index in [0.717, 1.165) is 24.2 Å². The van der Waals surface area contributed by atoms with E-state index >= 15 is 0 Å². The molecule has 4 amide bonds. The Morgan fingerprint density at radius 3 is 2.64 bits per heavy atom. The van der Waals surface area contributed by atoms with Gasteiger partial charge in [-0.25, -0.2) is 9.18 Å².